The van der Waals surface area contributed by atoms with Crippen LogP contribution in [0.25, 0.3) is 11.3 Å². The van der Waals surface area contributed by atoms with Crippen LogP contribution in [0.15, 0.2) is 55.0 Å². The fraction of sp³-hybridized carbons (Fsp3) is 0.414. The average molecular weight is 536 g/mol. The second-order valence-electron chi connectivity index (χ2n) is 10.3. The summed E-state index contributed by atoms with van der Waals surface area (Å²) in [6, 6.07) is 11.5. The maximum absolute atomic E-state index is 12.8. The minimum atomic E-state index is -0.544. The maximum Gasteiger partial charge on any atom is 0.410 e. The van der Waals surface area contributed by atoms with Crippen molar-refractivity contribution in [1.29, 1.82) is 0 Å². The number of aromatic nitrogens is 3. The van der Waals surface area contributed by atoms with Crippen molar-refractivity contribution in [3.8, 4) is 11.3 Å². The van der Waals surface area contributed by atoms with Crippen LogP contribution < -0.4 is 15.6 Å². The van der Waals surface area contributed by atoms with Crippen LogP contribution in [0.3, 0.4) is 0 Å². The number of carbonyl (C=O) groups is 2. The highest BCUT2D eigenvalue weighted by molar-refractivity contribution is 6.05. The normalized spacial score (nSPS) is 11.2. The molecule has 0 saturated carbocycles. The van der Waals surface area contributed by atoms with Crippen LogP contribution in [0.1, 0.15) is 49.7 Å². The molecule has 10 nitrogen and oxygen atoms in total. The van der Waals surface area contributed by atoms with Crippen LogP contribution in [0.4, 0.5) is 16.3 Å². The Morgan fingerprint density at radius 1 is 1.10 bits per heavy atom. The molecule has 3 rings (SSSR count). The maximum atomic E-state index is 12.8. The molecule has 0 bridgehead atoms. The second kappa shape index (κ2) is 13.7. The van der Waals surface area contributed by atoms with Crippen molar-refractivity contribution in [3.05, 3.63) is 66.2 Å². The average Bonchev–Trinajstić information content (AvgIpc) is 2.87. The fourth-order valence-electron chi connectivity index (χ4n) is 3.89. The van der Waals surface area contributed by atoms with E-state index in [1.807, 2.05) is 68.9 Å². The van der Waals surface area contributed by atoms with E-state index in [-0.39, 0.29) is 17.6 Å². The minimum absolute atomic E-state index is 0.0632. The van der Waals surface area contributed by atoms with Crippen LogP contribution >= 0.6 is 0 Å². The van der Waals surface area contributed by atoms with Gasteiger partial charge in [-0.05, 0) is 51.7 Å². The monoisotopic (exact) mass is 535 g/mol. The van der Waals surface area contributed by atoms with Crippen molar-refractivity contribution in [2.24, 2.45) is 7.05 Å². The number of nitrogens with one attached hydrogen (secondary N) is 1. The van der Waals surface area contributed by atoms with Crippen LogP contribution in [-0.4, -0.2) is 59.3 Å². The SMILES string of the molecule is COCCCN(CCCc1ccc(-c2cnc(N)c(C(=O)Nc3ccc[n+](C)c3)n2)cc1)C(=O)OC(C)(C)C. The van der Waals surface area contributed by atoms with Gasteiger partial charge in [-0.25, -0.2) is 19.3 Å². The zero-order chi connectivity index (χ0) is 28.4. The molecule has 2 aromatic heterocycles. The minimum Gasteiger partial charge on any atom is -0.444 e. The Kier molecular flexibility index (Phi) is 10.3. The van der Waals surface area contributed by atoms with E-state index in [9.17, 15) is 9.59 Å². The molecule has 0 radical (unpaired) electrons. The molecule has 0 aliphatic rings. The molecule has 0 atom stereocenters. The topological polar surface area (TPSA) is 124 Å². The third-order valence-corrected chi connectivity index (χ3v) is 5.78. The third kappa shape index (κ3) is 9.33. The molecule has 3 aromatic rings. The van der Waals surface area contributed by atoms with Gasteiger partial charge in [0.1, 0.15) is 18.3 Å². The van der Waals surface area contributed by atoms with Gasteiger partial charge >= 0.3 is 6.09 Å². The zero-order valence-electron chi connectivity index (χ0n) is 23.4. The van der Waals surface area contributed by atoms with Gasteiger partial charge in [0.25, 0.3) is 5.91 Å². The van der Waals surface area contributed by atoms with Crippen molar-refractivity contribution in [2.45, 2.75) is 45.6 Å². The molecule has 1 aromatic carbocycles. The summed E-state index contributed by atoms with van der Waals surface area (Å²) in [4.78, 5) is 35.9. The summed E-state index contributed by atoms with van der Waals surface area (Å²) < 4.78 is 12.5. The molecule has 0 fully saturated rings. The Morgan fingerprint density at radius 3 is 2.49 bits per heavy atom. The predicted molar refractivity (Wildman–Crippen MR) is 150 cm³/mol. The number of benzene rings is 1. The van der Waals surface area contributed by atoms with Crippen molar-refractivity contribution >= 4 is 23.5 Å². The van der Waals surface area contributed by atoms with Crippen LogP contribution in [0.5, 0.6) is 0 Å². The fourth-order valence-corrected chi connectivity index (χ4v) is 3.89. The molecule has 0 aliphatic heterocycles. The number of nitrogens with zero attached hydrogens (tertiary/aromatic N) is 4. The number of anilines is 2. The van der Waals surface area contributed by atoms with E-state index in [0.717, 1.165) is 30.4 Å². The molecule has 0 aliphatic carbocycles. The number of ether oxygens (including phenoxy) is 2. The lowest BCUT2D eigenvalue weighted by molar-refractivity contribution is -0.670. The Labute approximate surface area is 230 Å². The number of aryl methyl sites for hydroxylation is 2. The van der Waals surface area contributed by atoms with Gasteiger partial charge in [0.2, 0.25) is 0 Å². The molecule has 0 saturated heterocycles. The number of hydrogen-bond donors (Lipinski definition) is 2. The first-order chi connectivity index (χ1) is 18.6. The number of hydrogen-bond acceptors (Lipinski definition) is 7. The molecule has 0 unspecified atom stereocenters. The van der Waals surface area contributed by atoms with E-state index in [0.29, 0.717) is 31.1 Å². The summed E-state index contributed by atoms with van der Waals surface area (Å²) in [5.74, 6) is -0.363. The van der Waals surface area contributed by atoms with Gasteiger partial charge in [0, 0.05) is 38.4 Å². The summed E-state index contributed by atoms with van der Waals surface area (Å²) >= 11 is 0. The molecular weight excluding hydrogens is 496 g/mol. The second-order valence-corrected chi connectivity index (χ2v) is 10.3. The lowest BCUT2D eigenvalue weighted by atomic mass is 10.1. The van der Waals surface area contributed by atoms with Gasteiger partial charge in [0.05, 0.1) is 11.9 Å². The van der Waals surface area contributed by atoms with Crippen LogP contribution in [-0.2, 0) is 22.9 Å². The van der Waals surface area contributed by atoms with E-state index in [1.54, 1.807) is 30.5 Å². The number of amides is 2. The Bertz CT molecular complexity index is 1260. The van der Waals surface area contributed by atoms with E-state index in [4.69, 9.17) is 15.2 Å². The number of methoxy groups -OCH3 is 1. The summed E-state index contributed by atoms with van der Waals surface area (Å²) in [5.41, 5.74) is 8.61. The van der Waals surface area contributed by atoms with Gasteiger partial charge in [-0.15, -0.1) is 0 Å². The van der Waals surface area contributed by atoms with Gasteiger partial charge in [-0.1, -0.05) is 24.3 Å². The Hall–Kier alpha value is -4.05. The molecule has 2 amide bonds. The van der Waals surface area contributed by atoms with Crippen molar-refractivity contribution in [3.63, 3.8) is 0 Å². The molecular formula is C29H39N6O4+. The summed E-state index contributed by atoms with van der Waals surface area (Å²) in [6.07, 6.45) is 7.23. The van der Waals surface area contributed by atoms with Crippen LogP contribution in [0.2, 0.25) is 0 Å². The first kappa shape index (κ1) is 29.5. The van der Waals surface area contributed by atoms with E-state index < -0.39 is 11.5 Å². The van der Waals surface area contributed by atoms with Crippen molar-refractivity contribution < 1.29 is 23.6 Å². The summed E-state index contributed by atoms with van der Waals surface area (Å²) in [7, 11) is 3.52. The molecule has 2 heterocycles. The first-order valence-corrected chi connectivity index (χ1v) is 13.0. The number of rotatable bonds is 11. The van der Waals surface area contributed by atoms with Gasteiger partial charge in [-0.3, -0.25) is 4.79 Å². The van der Waals surface area contributed by atoms with Crippen molar-refractivity contribution in [1.82, 2.24) is 14.9 Å². The molecule has 208 valence electrons. The smallest absolute Gasteiger partial charge is 0.410 e. The molecule has 10 heteroatoms. The lowest BCUT2D eigenvalue weighted by Crippen LogP contribution is -2.38. The first-order valence-electron chi connectivity index (χ1n) is 13.0. The quantitative estimate of drug-likeness (QED) is 0.281. The predicted octanol–water partition coefficient (Wildman–Crippen LogP) is 4.01. The zero-order valence-corrected chi connectivity index (χ0v) is 23.4. The van der Waals surface area contributed by atoms with Gasteiger partial charge in [0.15, 0.2) is 23.9 Å². The molecule has 3 N–H and O–H groups in total. The molecule has 39 heavy (non-hydrogen) atoms. The van der Waals surface area contributed by atoms with Gasteiger partial charge < -0.3 is 25.4 Å². The number of pyridine rings is 1. The third-order valence-electron chi connectivity index (χ3n) is 5.78. The van der Waals surface area contributed by atoms with E-state index in [2.05, 4.69) is 15.3 Å². The highest BCUT2D eigenvalue weighted by Crippen LogP contribution is 2.21. The Balaban J connectivity index is 1.62. The van der Waals surface area contributed by atoms with E-state index >= 15 is 0 Å². The highest BCUT2D eigenvalue weighted by atomic mass is 16.6. The summed E-state index contributed by atoms with van der Waals surface area (Å²) in [5, 5.41) is 2.81. The number of nitrogen functional groups attached to an aromatic ring is 1. The van der Waals surface area contributed by atoms with Crippen LogP contribution in [0, 0.1) is 0 Å². The van der Waals surface area contributed by atoms with Gasteiger partial charge in [-0.2, -0.15) is 0 Å². The summed E-state index contributed by atoms with van der Waals surface area (Å²) in [6.45, 7) is 7.35. The number of carbonyl (C=O) groups excluding carboxylic acids is 2. The Morgan fingerprint density at radius 2 is 1.82 bits per heavy atom. The largest absolute Gasteiger partial charge is 0.444 e. The standard InChI is InChI=1S/C29H38N6O4/c1-29(2,3)39-28(37)35(17-8-18-38-5)16-6-9-21-11-13-22(14-12-21)24-19-31-26(30)25(33-24)27(36)32-23-10-7-15-34(4)20-23/h7,10-15,19-20H,6,8-9,16-18H2,1-5H3,(H2-,30,31,32,36)/p+1. The van der Waals surface area contributed by atoms with E-state index in [1.165, 1.54) is 0 Å². The lowest BCUT2D eigenvalue weighted by Gasteiger charge is -2.27. The highest BCUT2D eigenvalue weighted by Gasteiger charge is 2.22. The van der Waals surface area contributed by atoms with Crippen molar-refractivity contribution in [2.75, 3.05) is 37.9 Å². The number of nitrogens with two attached hydrogens (primary N) is 1. The molecule has 0 spiro atoms.